The van der Waals surface area contributed by atoms with Crippen LogP contribution in [-0.2, 0) is 13.5 Å². The van der Waals surface area contributed by atoms with Gasteiger partial charge >= 0.3 is 5.65 Å². The second-order valence-electron chi connectivity index (χ2n) is 5.03. The molecular weight excluding hydrogens is 250 g/mol. The van der Waals surface area contributed by atoms with Crippen LogP contribution in [0, 0.1) is 0 Å². The van der Waals surface area contributed by atoms with Crippen LogP contribution in [0.3, 0.4) is 0 Å². The van der Waals surface area contributed by atoms with Crippen molar-refractivity contribution < 1.29 is 13.1 Å². The minimum absolute atomic E-state index is 0.563. The van der Waals surface area contributed by atoms with Crippen molar-refractivity contribution in [1.29, 1.82) is 0 Å². The summed E-state index contributed by atoms with van der Waals surface area (Å²) < 4.78 is 33.2. The summed E-state index contributed by atoms with van der Waals surface area (Å²) in [5.41, 5.74) is 3.89. The molecule has 4 nitrogen and oxygen atoms in total. The number of hydrogen-bond acceptors (Lipinski definition) is 2. The molecule has 4 heterocycles. The van der Waals surface area contributed by atoms with Crippen LogP contribution in [0.4, 0.5) is 0 Å². The summed E-state index contributed by atoms with van der Waals surface area (Å²) in [5.74, 6) is 0.710. The molecule has 0 atom stereocenters. The van der Waals surface area contributed by atoms with Crippen molar-refractivity contribution in [2.24, 2.45) is 6.98 Å². The number of pyridine rings is 1. The van der Waals surface area contributed by atoms with E-state index in [0.29, 0.717) is 29.2 Å². The number of rotatable bonds is 0. The van der Waals surface area contributed by atoms with E-state index in [2.05, 4.69) is 4.98 Å². The predicted molar refractivity (Wildman–Crippen MR) is 75.2 cm³/mol. The lowest BCUT2D eigenvalue weighted by molar-refractivity contribution is -0.652. The number of nitrogens with zero attached hydrogens (tertiary/aromatic N) is 3. The second-order valence-corrected chi connectivity index (χ2v) is 5.03. The Labute approximate surface area is 119 Å². The predicted octanol–water partition coefficient (Wildman–Crippen LogP) is 2.64. The van der Waals surface area contributed by atoms with Crippen LogP contribution in [0.15, 0.2) is 47.1 Å². The number of oxazole rings is 1. The standard InChI is InChI=1S/C16H12N3O/c1-18-13-8-17-7-6-12(13)14-15(18)19-9-10-4-2-3-5-11(10)16(19)20-14/h2-8H,9H2,1H3/q+1/i1D3. The number of hydrogen-bond donors (Lipinski definition) is 0. The first-order valence-corrected chi connectivity index (χ1v) is 6.45. The Morgan fingerprint density at radius 2 is 2.30 bits per heavy atom. The maximum Gasteiger partial charge on any atom is 0.329 e. The van der Waals surface area contributed by atoms with Gasteiger partial charge in [-0.2, -0.15) is 4.57 Å². The van der Waals surface area contributed by atoms with Gasteiger partial charge in [-0.05, 0) is 12.1 Å². The fraction of sp³-hybridized carbons (Fsp3) is 0.125. The molecule has 1 aliphatic heterocycles. The van der Waals surface area contributed by atoms with E-state index in [1.54, 1.807) is 18.5 Å². The molecule has 0 spiro atoms. The van der Waals surface area contributed by atoms with E-state index < -0.39 is 6.98 Å². The van der Waals surface area contributed by atoms with E-state index in [-0.39, 0.29) is 0 Å². The number of aromatic nitrogens is 3. The van der Waals surface area contributed by atoms with Gasteiger partial charge in [-0.25, -0.2) is 4.57 Å². The van der Waals surface area contributed by atoms with E-state index in [9.17, 15) is 0 Å². The number of fused-ring (bicyclic) bond motifs is 7. The molecule has 5 rings (SSSR count). The SMILES string of the molecule is [2H]C([2H])([2H])n1c2cnccc2c2oc3[n+](c21)Cc1ccccc1-3. The van der Waals surface area contributed by atoms with Gasteiger partial charge in [0, 0.05) is 11.8 Å². The molecule has 0 bridgehead atoms. The summed E-state index contributed by atoms with van der Waals surface area (Å²) in [6, 6.07) is 9.77. The van der Waals surface area contributed by atoms with Gasteiger partial charge in [-0.15, -0.1) is 0 Å². The molecular formula is C16H12N3O+. The molecule has 0 aliphatic carbocycles. The highest BCUT2D eigenvalue weighted by Crippen LogP contribution is 2.34. The zero-order valence-corrected chi connectivity index (χ0v) is 10.5. The van der Waals surface area contributed by atoms with Crippen molar-refractivity contribution in [2.75, 3.05) is 0 Å². The third-order valence-electron chi connectivity index (χ3n) is 3.98. The first kappa shape index (κ1) is 7.85. The minimum atomic E-state index is -2.30. The van der Waals surface area contributed by atoms with Crippen molar-refractivity contribution in [3.8, 4) is 11.5 Å². The Morgan fingerprint density at radius 3 is 3.25 bits per heavy atom. The third-order valence-corrected chi connectivity index (χ3v) is 3.98. The first-order valence-electron chi connectivity index (χ1n) is 7.95. The van der Waals surface area contributed by atoms with E-state index in [4.69, 9.17) is 8.53 Å². The van der Waals surface area contributed by atoms with Crippen molar-refractivity contribution >= 4 is 22.1 Å². The van der Waals surface area contributed by atoms with Crippen molar-refractivity contribution in [3.63, 3.8) is 0 Å². The van der Waals surface area contributed by atoms with Crippen molar-refractivity contribution in [1.82, 2.24) is 9.55 Å². The highest BCUT2D eigenvalue weighted by Gasteiger charge is 2.33. The largest absolute Gasteiger partial charge is 0.413 e. The van der Waals surface area contributed by atoms with Gasteiger partial charge in [0.15, 0.2) is 5.52 Å². The summed E-state index contributed by atoms with van der Waals surface area (Å²) in [6.07, 6.45) is 3.23. The molecule has 0 saturated heterocycles. The fourth-order valence-corrected chi connectivity index (χ4v) is 3.07. The number of benzene rings is 1. The monoisotopic (exact) mass is 265 g/mol. The van der Waals surface area contributed by atoms with Gasteiger partial charge in [-0.1, -0.05) is 18.2 Å². The average Bonchev–Trinajstić information content (AvgIpc) is 3.13. The lowest BCUT2D eigenvalue weighted by Gasteiger charge is -1.91. The molecule has 20 heavy (non-hydrogen) atoms. The third kappa shape index (κ3) is 1.04. The Hall–Kier alpha value is -2.62. The molecule has 4 heteroatoms. The molecule has 0 radical (unpaired) electrons. The van der Waals surface area contributed by atoms with Crippen LogP contribution < -0.4 is 4.57 Å². The van der Waals surface area contributed by atoms with Gasteiger partial charge < -0.3 is 4.42 Å². The summed E-state index contributed by atoms with van der Waals surface area (Å²) >= 11 is 0. The van der Waals surface area contributed by atoms with E-state index in [0.717, 1.165) is 16.5 Å². The van der Waals surface area contributed by atoms with Gasteiger partial charge in [-0.3, -0.25) is 4.98 Å². The van der Waals surface area contributed by atoms with Crippen LogP contribution in [0.5, 0.6) is 0 Å². The summed E-state index contributed by atoms with van der Waals surface area (Å²) in [4.78, 5) is 4.07. The topological polar surface area (TPSA) is 34.8 Å². The highest BCUT2D eigenvalue weighted by molar-refractivity contribution is 6.02. The highest BCUT2D eigenvalue weighted by atomic mass is 16.4. The fourth-order valence-electron chi connectivity index (χ4n) is 3.07. The zero-order valence-electron chi connectivity index (χ0n) is 13.5. The molecule has 0 unspecified atom stereocenters. The van der Waals surface area contributed by atoms with E-state index >= 15 is 0 Å². The quantitative estimate of drug-likeness (QED) is 0.403. The second kappa shape index (κ2) is 3.28. The Bertz CT molecular complexity index is 1090. The molecule has 1 aromatic carbocycles. The van der Waals surface area contributed by atoms with Crippen molar-refractivity contribution in [2.45, 2.75) is 6.54 Å². The number of aryl methyl sites for hydroxylation is 1. The van der Waals surface area contributed by atoms with Gasteiger partial charge in [0.1, 0.15) is 6.54 Å². The summed E-state index contributed by atoms with van der Waals surface area (Å²) in [7, 11) is 0. The Morgan fingerprint density at radius 1 is 1.35 bits per heavy atom. The normalized spacial score (nSPS) is 15.9. The summed E-state index contributed by atoms with van der Waals surface area (Å²) in [6.45, 7) is -1.69. The Balaban J connectivity index is 1.97. The maximum atomic E-state index is 7.93. The maximum absolute atomic E-state index is 7.93. The summed E-state index contributed by atoms with van der Waals surface area (Å²) in [5, 5.41) is 0.769. The minimum Gasteiger partial charge on any atom is -0.413 e. The molecule has 4 aromatic rings. The average molecular weight is 265 g/mol. The van der Waals surface area contributed by atoms with Gasteiger partial charge in [0.25, 0.3) is 5.89 Å². The smallest absolute Gasteiger partial charge is 0.329 e. The molecule has 0 N–H and O–H groups in total. The van der Waals surface area contributed by atoms with E-state index in [1.165, 1.54) is 4.57 Å². The molecule has 3 aromatic heterocycles. The van der Waals surface area contributed by atoms with Gasteiger partial charge in [0.05, 0.1) is 28.2 Å². The van der Waals surface area contributed by atoms with Crippen LogP contribution in [0.2, 0.25) is 0 Å². The van der Waals surface area contributed by atoms with Gasteiger partial charge in [0.2, 0.25) is 5.58 Å². The zero-order chi connectivity index (χ0) is 15.8. The van der Waals surface area contributed by atoms with Crippen LogP contribution in [0.25, 0.3) is 33.6 Å². The molecule has 0 saturated carbocycles. The lowest BCUT2D eigenvalue weighted by Crippen LogP contribution is -2.32. The first-order chi connectivity index (χ1) is 11.1. The van der Waals surface area contributed by atoms with Crippen LogP contribution >= 0.6 is 0 Å². The molecule has 0 amide bonds. The lowest BCUT2D eigenvalue weighted by atomic mass is 10.1. The van der Waals surface area contributed by atoms with Crippen LogP contribution in [0.1, 0.15) is 9.68 Å². The van der Waals surface area contributed by atoms with E-state index in [1.807, 2.05) is 28.8 Å². The Kier molecular flexibility index (Phi) is 1.29. The molecule has 1 aliphatic rings. The van der Waals surface area contributed by atoms with Crippen molar-refractivity contribution in [3.05, 3.63) is 48.3 Å². The molecule has 0 fully saturated rings. The van der Waals surface area contributed by atoms with Crippen LogP contribution in [-0.4, -0.2) is 9.55 Å². The molecule has 96 valence electrons.